The minimum absolute atomic E-state index is 0.209. The Bertz CT molecular complexity index is 340. The van der Waals surface area contributed by atoms with Crippen LogP contribution in [0.25, 0.3) is 0 Å². The Balaban J connectivity index is 2.41. The SMILES string of the molecule is COc1cc(CNO)c2c(c1)OCO2. The van der Waals surface area contributed by atoms with Gasteiger partial charge in [-0.15, -0.1) is 0 Å². The second kappa shape index (κ2) is 3.73. The first-order valence-corrected chi connectivity index (χ1v) is 4.18. The van der Waals surface area contributed by atoms with Crippen molar-refractivity contribution in [3.05, 3.63) is 17.7 Å². The van der Waals surface area contributed by atoms with Crippen LogP contribution in [0.4, 0.5) is 0 Å². The first-order valence-electron chi connectivity index (χ1n) is 4.18. The Morgan fingerprint density at radius 1 is 1.50 bits per heavy atom. The highest BCUT2D eigenvalue weighted by Crippen LogP contribution is 2.39. The molecule has 5 heteroatoms. The van der Waals surface area contributed by atoms with E-state index in [4.69, 9.17) is 19.4 Å². The van der Waals surface area contributed by atoms with Crippen molar-refractivity contribution in [3.63, 3.8) is 0 Å². The summed E-state index contributed by atoms with van der Waals surface area (Å²) in [6.45, 7) is 0.504. The predicted octanol–water partition coefficient (Wildman–Crippen LogP) is 0.903. The van der Waals surface area contributed by atoms with E-state index in [0.717, 1.165) is 5.56 Å². The standard InChI is InChI=1S/C9H11NO4/c1-12-7-2-6(4-10-11)9-8(3-7)13-5-14-9/h2-3,10-11H,4-5H2,1H3. The maximum atomic E-state index is 8.63. The first kappa shape index (κ1) is 9.11. The van der Waals surface area contributed by atoms with Crippen molar-refractivity contribution in [2.24, 2.45) is 0 Å². The zero-order chi connectivity index (χ0) is 9.97. The number of benzene rings is 1. The monoisotopic (exact) mass is 197 g/mol. The molecule has 1 aromatic rings. The average Bonchev–Trinajstić information content (AvgIpc) is 2.66. The van der Waals surface area contributed by atoms with Gasteiger partial charge in [-0.2, -0.15) is 0 Å². The van der Waals surface area contributed by atoms with E-state index in [9.17, 15) is 0 Å². The molecule has 1 heterocycles. The van der Waals surface area contributed by atoms with Crippen LogP contribution in [-0.4, -0.2) is 19.1 Å². The molecule has 5 nitrogen and oxygen atoms in total. The Kier molecular flexibility index (Phi) is 2.43. The molecule has 0 atom stereocenters. The third-order valence-corrected chi connectivity index (χ3v) is 2.03. The topological polar surface area (TPSA) is 60.0 Å². The molecule has 76 valence electrons. The van der Waals surface area contributed by atoms with Gasteiger partial charge in [0.1, 0.15) is 5.75 Å². The van der Waals surface area contributed by atoms with Crippen molar-refractivity contribution < 1.29 is 19.4 Å². The Hall–Kier alpha value is -1.46. The van der Waals surface area contributed by atoms with E-state index in [-0.39, 0.29) is 6.79 Å². The van der Waals surface area contributed by atoms with Crippen LogP contribution in [0.15, 0.2) is 12.1 Å². The molecule has 0 saturated carbocycles. The lowest BCUT2D eigenvalue weighted by Crippen LogP contribution is -2.07. The number of rotatable bonds is 3. The lowest BCUT2D eigenvalue weighted by atomic mass is 10.2. The number of methoxy groups -OCH3 is 1. The van der Waals surface area contributed by atoms with E-state index < -0.39 is 0 Å². The first-order chi connectivity index (χ1) is 6.85. The van der Waals surface area contributed by atoms with E-state index in [0.29, 0.717) is 23.8 Å². The van der Waals surface area contributed by atoms with Gasteiger partial charge in [0.15, 0.2) is 11.5 Å². The van der Waals surface area contributed by atoms with Crippen LogP contribution in [0.1, 0.15) is 5.56 Å². The van der Waals surface area contributed by atoms with Crippen LogP contribution in [-0.2, 0) is 6.54 Å². The maximum absolute atomic E-state index is 8.63. The van der Waals surface area contributed by atoms with Crippen LogP contribution in [0.3, 0.4) is 0 Å². The highest BCUT2D eigenvalue weighted by atomic mass is 16.7. The summed E-state index contributed by atoms with van der Waals surface area (Å²) >= 11 is 0. The van der Waals surface area contributed by atoms with E-state index in [1.54, 1.807) is 19.2 Å². The molecule has 14 heavy (non-hydrogen) atoms. The summed E-state index contributed by atoms with van der Waals surface area (Å²) < 4.78 is 15.6. The molecular formula is C9H11NO4. The molecule has 2 rings (SSSR count). The van der Waals surface area contributed by atoms with Gasteiger partial charge in [0.2, 0.25) is 6.79 Å². The number of hydroxylamine groups is 1. The summed E-state index contributed by atoms with van der Waals surface area (Å²) in [5, 5.41) is 8.63. The minimum atomic E-state index is 0.209. The molecule has 0 saturated heterocycles. The zero-order valence-electron chi connectivity index (χ0n) is 7.74. The molecule has 1 aliphatic heterocycles. The van der Waals surface area contributed by atoms with E-state index in [1.165, 1.54) is 0 Å². The van der Waals surface area contributed by atoms with Gasteiger partial charge < -0.3 is 19.4 Å². The fraction of sp³-hybridized carbons (Fsp3) is 0.333. The van der Waals surface area contributed by atoms with Crippen molar-refractivity contribution in [1.29, 1.82) is 0 Å². The number of hydrogen-bond acceptors (Lipinski definition) is 5. The molecule has 0 aliphatic carbocycles. The smallest absolute Gasteiger partial charge is 0.231 e. The van der Waals surface area contributed by atoms with Crippen LogP contribution < -0.4 is 19.7 Å². The van der Waals surface area contributed by atoms with Crippen molar-refractivity contribution in [1.82, 2.24) is 5.48 Å². The fourth-order valence-electron chi connectivity index (χ4n) is 1.39. The highest BCUT2D eigenvalue weighted by Gasteiger charge is 2.19. The third-order valence-electron chi connectivity index (χ3n) is 2.03. The van der Waals surface area contributed by atoms with Crippen molar-refractivity contribution in [2.45, 2.75) is 6.54 Å². The van der Waals surface area contributed by atoms with Crippen molar-refractivity contribution in [3.8, 4) is 17.2 Å². The Morgan fingerprint density at radius 3 is 3.07 bits per heavy atom. The molecule has 0 fully saturated rings. The van der Waals surface area contributed by atoms with E-state index in [1.807, 2.05) is 0 Å². The summed E-state index contributed by atoms with van der Waals surface area (Å²) in [4.78, 5) is 0. The normalized spacial score (nSPS) is 13.0. The van der Waals surface area contributed by atoms with Gasteiger partial charge in [0.25, 0.3) is 0 Å². The Labute approximate surface area is 81.2 Å². The number of hydrogen-bond donors (Lipinski definition) is 2. The number of ether oxygens (including phenoxy) is 3. The summed E-state index contributed by atoms with van der Waals surface area (Å²) in [5.74, 6) is 1.99. The largest absolute Gasteiger partial charge is 0.497 e. The van der Waals surface area contributed by atoms with Crippen LogP contribution in [0.2, 0.25) is 0 Å². The summed E-state index contributed by atoms with van der Waals surface area (Å²) in [7, 11) is 1.58. The van der Waals surface area contributed by atoms with Gasteiger partial charge in [0, 0.05) is 18.2 Å². The molecular weight excluding hydrogens is 186 g/mol. The second-order valence-electron chi connectivity index (χ2n) is 2.86. The van der Waals surface area contributed by atoms with Gasteiger partial charge in [-0.3, -0.25) is 0 Å². The molecule has 0 bridgehead atoms. The maximum Gasteiger partial charge on any atom is 0.231 e. The quantitative estimate of drug-likeness (QED) is 0.705. The van der Waals surface area contributed by atoms with Gasteiger partial charge in [-0.25, -0.2) is 5.48 Å². The van der Waals surface area contributed by atoms with E-state index in [2.05, 4.69) is 5.48 Å². The number of nitrogens with one attached hydrogen (secondary N) is 1. The van der Waals surface area contributed by atoms with Gasteiger partial charge >= 0.3 is 0 Å². The summed E-state index contributed by atoms with van der Waals surface area (Å²) in [6.07, 6.45) is 0. The average molecular weight is 197 g/mol. The summed E-state index contributed by atoms with van der Waals surface area (Å²) in [6, 6.07) is 3.54. The molecule has 0 spiro atoms. The molecule has 1 aromatic carbocycles. The third kappa shape index (κ3) is 1.47. The molecule has 0 unspecified atom stereocenters. The highest BCUT2D eigenvalue weighted by molar-refractivity contribution is 5.53. The molecule has 2 N–H and O–H groups in total. The lowest BCUT2D eigenvalue weighted by Gasteiger charge is -2.07. The van der Waals surface area contributed by atoms with Gasteiger partial charge in [-0.1, -0.05) is 0 Å². The van der Waals surface area contributed by atoms with Gasteiger partial charge in [0.05, 0.1) is 7.11 Å². The Morgan fingerprint density at radius 2 is 2.36 bits per heavy atom. The van der Waals surface area contributed by atoms with Crippen molar-refractivity contribution in [2.75, 3.05) is 13.9 Å². The van der Waals surface area contributed by atoms with Crippen LogP contribution >= 0.6 is 0 Å². The van der Waals surface area contributed by atoms with Crippen LogP contribution in [0.5, 0.6) is 17.2 Å². The lowest BCUT2D eigenvalue weighted by molar-refractivity contribution is 0.155. The van der Waals surface area contributed by atoms with Crippen molar-refractivity contribution >= 4 is 0 Å². The molecule has 1 aliphatic rings. The van der Waals surface area contributed by atoms with E-state index >= 15 is 0 Å². The second-order valence-corrected chi connectivity index (χ2v) is 2.86. The molecule has 0 radical (unpaired) electrons. The molecule has 0 amide bonds. The number of fused-ring (bicyclic) bond motifs is 1. The van der Waals surface area contributed by atoms with Crippen LogP contribution in [0, 0.1) is 0 Å². The molecule has 0 aromatic heterocycles. The summed E-state index contributed by atoms with van der Waals surface area (Å²) in [5.41, 5.74) is 2.88. The van der Waals surface area contributed by atoms with Gasteiger partial charge in [-0.05, 0) is 6.07 Å². The predicted molar refractivity (Wildman–Crippen MR) is 47.7 cm³/mol. The zero-order valence-corrected chi connectivity index (χ0v) is 7.74. The fourth-order valence-corrected chi connectivity index (χ4v) is 1.39. The minimum Gasteiger partial charge on any atom is -0.497 e.